The zero-order chi connectivity index (χ0) is 10.7. The lowest BCUT2D eigenvalue weighted by atomic mass is 10.0. The Morgan fingerprint density at radius 1 is 1.73 bits per heavy atom. The van der Waals surface area contributed by atoms with E-state index in [-0.39, 0.29) is 12.1 Å². The lowest BCUT2D eigenvalue weighted by molar-refractivity contribution is 0.0875. The molecule has 0 aromatic carbocycles. The second kappa shape index (κ2) is 4.77. The minimum Gasteiger partial charge on any atom is -0.377 e. The zero-order valence-electron chi connectivity index (χ0n) is 9.22. The summed E-state index contributed by atoms with van der Waals surface area (Å²) in [6.07, 6.45) is 8.22. The highest BCUT2D eigenvalue weighted by Gasteiger charge is 2.22. The summed E-state index contributed by atoms with van der Waals surface area (Å²) in [5, 5.41) is 0. The molecule has 2 heterocycles. The van der Waals surface area contributed by atoms with Crippen molar-refractivity contribution in [1.82, 2.24) is 9.55 Å². The molecule has 2 rings (SSSR count). The summed E-state index contributed by atoms with van der Waals surface area (Å²) in [5.74, 6) is 1.10. The molecule has 1 aliphatic rings. The maximum Gasteiger partial charge on any atom is 0.108 e. The van der Waals surface area contributed by atoms with E-state index >= 15 is 0 Å². The summed E-state index contributed by atoms with van der Waals surface area (Å²) < 4.78 is 7.61. The van der Waals surface area contributed by atoms with E-state index < -0.39 is 0 Å². The first-order valence-corrected chi connectivity index (χ1v) is 5.61. The fraction of sp³-hybridized carbons (Fsp3) is 0.727. The van der Waals surface area contributed by atoms with Crippen LogP contribution in [0.3, 0.4) is 0 Å². The highest BCUT2D eigenvalue weighted by molar-refractivity contribution is 4.92. The van der Waals surface area contributed by atoms with Gasteiger partial charge in [-0.25, -0.2) is 4.98 Å². The van der Waals surface area contributed by atoms with Crippen LogP contribution in [0.4, 0.5) is 0 Å². The molecule has 0 radical (unpaired) electrons. The van der Waals surface area contributed by atoms with Crippen LogP contribution in [0.5, 0.6) is 0 Å². The Hall–Kier alpha value is -0.870. The minimum atomic E-state index is 0.157. The van der Waals surface area contributed by atoms with Crippen molar-refractivity contribution in [3.63, 3.8) is 0 Å². The smallest absolute Gasteiger partial charge is 0.108 e. The van der Waals surface area contributed by atoms with E-state index in [1.165, 1.54) is 0 Å². The second-order valence-electron chi connectivity index (χ2n) is 4.21. The predicted octanol–water partition coefficient (Wildman–Crippen LogP) is 0.859. The maximum atomic E-state index is 6.08. The summed E-state index contributed by atoms with van der Waals surface area (Å²) in [5.41, 5.74) is 6.08. The van der Waals surface area contributed by atoms with Crippen molar-refractivity contribution in [2.45, 2.75) is 37.8 Å². The van der Waals surface area contributed by atoms with E-state index in [1.54, 1.807) is 0 Å². The molecule has 1 fully saturated rings. The number of aromatic nitrogens is 2. The van der Waals surface area contributed by atoms with Crippen LogP contribution in [0.1, 0.15) is 25.1 Å². The monoisotopic (exact) mass is 209 g/mol. The Morgan fingerprint density at radius 3 is 3.20 bits per heavy atom. The average molecular weight is 209 g/mol. The molecule has 0 saturated carbocycles. The first-order chi connectivity index (χ1) is 7.27. The first-order valence-electron chi connectivity index (χ1n) is 5.61. The van der Waals surface area contributed by atoms with Crippen molar-refractivity contribution < 1.29 is 4.74 Å². The predicted molar refractivity (Wildman–Crippen MR) is 58.5 cm³/mol. The van der Waals surface area contributed by atoms with E-state index in [4.69, 9.17) is 10.5 Å². The molecule has 0 aliphatic carbocycles. The van der Waals surface area contributed by atoms with Gasteiger partial charge in [-0.05, 0) is 19.3 Å². The van der Waals surface area contributed by atoms with Gasteiger partial charge in [0.1, 0.15) is 5.82 Å². The maximum absolute atomic E-state index is 6.08. The molecule has 1 aromatic rings. The quantitative estimate of drug-likeness (QED) is 0.800. The highest BCUT2D eigenvalue weighted by Crippen LogP contribution is 2.17. The third-order valence-corrected chi connectivity index (χ3v) is 3.06. The van der Waals surface area contributed by atoms with Crippen molar-refractivity contribution in [1.29, 1.82) is 0 Å². The molecule has 1 aliphatic heterocycles. The van der Waals surface area contributed by atoms with Gasteiger partial charge in [0.2, 0.25) is 0 Å². The van der Waals surface area contributed by atoms with Crippen molar-refractivity contribution >= 4 is 0 Å². The molecule has 84 valence electrons. The number of aryl methyl sites for hydroxylation is 2. The molecule has 2 atom stereocenters. The van der Waals surface area contributed by atoms with Gasteiger partial charge in [0.15, 0.2) is 0 Å². The van der Waals surface area contributed by atoms with Crippen molar-refractivity contribution in [2.75, 3.05) is 6.61 Å². The number of imidazole rings is 1. The molecular weight excluding hydrogens is 190 g/mol. The Kier molecular flexibility index (Phi) is 3.38. The average Bonchev–Trinajstić information content (AvgIpc) is 2.85. The zero-order valence-corrected chi connectivity index (χ0v) is 9.22. The van der Waals surface area contributed by atoms with Gasteiger partial charge in [-0.15, -0.1) is 0 Å². The van der Waals surface area contributed by atoms with Gasteiger partial charge in [-0.3, -0.25) is 0 Å². The fourth-order valence-corrected chi connectivity index (χ4v) is 2.06. The normalized spacial score (nSPS) is 23.2. The third kappa shape index (κ3) is 2.58. The van der Waals surface area contributed by atoms with Crippen LogP contribution >= 0.6 is 0 Å². The molecule has 4 heteroatoms. The van der Waals surface area contributed by atoms with Crippen LogP contribution in [0.25, 0.3) is 0 Å². The summed E-state index contributed by atoms with van der Waals surface area (Å²) in [6, 6.07) is 0.157. The summed E-state index contributed by atoms with van der Waals surface area (Å²) in [4.78, 5) is 4.28. The number of nitrogens with zero attached hydrogens (tertiary/aromatic N) is 2. The molecule has 1 saturated heterocycles. The molecule has 0 bridgehead atoms. The van der Waals surface area contributed by atoms with E-state index in [9.17, 15) is 0 Å². The number of hydrogen-bond acceptors (Lipinski definition) is 3. The van der Waals surface area contributed by atoms with Crippen LogP contribution < -0.4 is 5.73 Å². The van der Waals surface area contributed by atoms with Crippen molar-refractivity contribution in [3.05, 3.63) is 18.2 Å². The Bertz CT molecular complexity index is 305. The second-order valence-corrected chi connectivity index (χ2v) is 4.21. The number of ether oxygens (including phenoxy) is 1. The summed E-state index contributed by atoms with van der Waals surface area (Å²) in [7, 11) is 2.01. The highest BCUT2D eigenvalue weighted by atomic mass is 16.5. The van der Waals surface area contributed by atoms with Crippen LogP contribution in [-0.4, -0.2) is 28.3 Å². The Labute approximate surface area is 90.4 Å². The Balaban J connectivity index is 1.80. The topological polar surface area (TPSA) is 53.1 Å². The SMILES string of the molecule is Cn1ccnc1CCC(N)C1CCCO1. The summed E-state index contributed by atoms with van der Waals surface area (Å²) in [6.45, 7) is 0.876. The van der Waals surface area contributed by atoms with Gasteiger partial charge < -0.3 is 15.0 Å². The molecule has 2 unspecified atom stereocenters. The largest absolute Gasteiger partial charge is 0.377 e. The molecule has 0 amide bonds. The number of rotatable bonds is 4. The van der Waals surface area contributed by atoms with Gasteiger partial charge in [-0.2, -0.15) is 0 Å². The molecule has 15 heavy (non-hydrogen) atoms. The van der Waals surface area contributed by atoms with Crippen molar-refractivity contribution in [2.24, 2.45) is 12.8 Å². The lowest BCUT2D eigenvalue weighted by Gasteiger charge is -2.17. The molecule has 2 N–H and O–H groups in total. The van der Waals surface area contributed by atoms with Gasteiger partial charge >= 0.3 is 0 Å². The van der Waals surface area contributed by atoms with Crippen LogP contribution in [-0.2, 0) is 18.2 Å². The standard InChI is InChI=1S/C11H19N3O/c1-14-7-6-13-11(14)5-4-9(12)10-3-2-8-15-10/h6-7,9-10H,2-5,8,12H2,1H3. The Morgan fingerprint density at radius 2 is 2.60 bits per heavy atom. The van der Waals surface area contributed by atoms with Gasteiger partial charge in [0.25, 0.3) is 0 Å². The van der Waals surface area contributed by atoms with Crippen molar-refractivity contribution in [3.8, 4) is 0 Å². The van der Waals surface area contributed by atoms with E-state index in [2.05, 4.69) is 4.98 Å². The molecular formula is C11H19N3O. The van der Waals surface area contributed by atoms with E-state index in [0.29, 0.717) is 0 Å². The fourth-order valence-electron chi connectivity index (χ4n) is 2.06. The minimum absolute atomic E-state index is 0.157. The third-order valence-electron chi connectivity index (χ3n) is 3.06. The molecule has 1 aromatic heterocycles. The van der Waals surface area contributed by atoms with E-state index in [0.717, 1.165) is 38.1 Å². The molecule has 0 spiro atoms. The van der Waals surface area contributed by atoms with Gasteiger partial charge in [-0.1, -0.05) is 0 Å². The number of nitrogens with two attached hydrogens (primary N) is 1. The van der Waals surface area contributed by atoms with Crippen LogP contribution in [0.15, 0.2) is 12.4 Å². The number of hydrogen-bond donors (Lipinski definition) is 1. The molecule has 4 nitrogen and oxygen atoms in total. The van der Waals surface area contributed by atoms with Gasteiger partial charge in [0, 0.05) is 38.5 Å². The first kappa shape index (κ1) is 10.6. The van der Waals surface area contributed by atoms with Crippen LogP contribution in [0.2, 0.25) is 0 Å². The van der Waals surface area contributed by atoms with Gasteiger partial charge in [0.05, 0.1) is 6.10 Å². The van der Waals surface area contributed by atoms with E-state index in [1.807, 2.05) is 24.0 Å². The lowest BCUT2D eigenvalue weighted by Crippen LogP contribution is -2.34. The summed E-state index contributed by atoms with van der Waals surface area (Å²) >= 11 is 0. The van der Waals surface area contributed by atoms with Crippen LogP contribution in [0, 0.1) is 0 Å².